The minimum atomic E-state index is -7.10. The average Bonchev–Trinajstić information content (AvgIpc) is 1.52. The zero-order valence-electron chi connectivity index (χ0n) is 42.9. The highest BCUT2D eigenvalue weighted by molar-refractivity contribution is 7.84. The van der Waals surface area contributed by atoms with E-state index in [1.54, 1.807) is 0 Å². The predicted octanol–water partition coefficient (Wildman–Crippen LogP) is -11.7. The summed E-state index contributed by atoms with van der Waals surface area (Å²) in [5.74, 6) is -36.2. The van der Waals surface area contributed by atoms with Gasteiger partial charge in [-0.2, -0.15) is 116 Å². The number of hydrogen-bond acceptors (Lipinski definition) is 61. The lowest BCUT2D eigenvalue weighted by atomic mass is 9.83. The standard InChI is InChI=1S/C24H22O61S10/c25-86(26)68-21-19-5-49-74-90(33,34)72-47-3-8-15-20(63-83-95(43,44)82-60-15)18(52-8,61-24(62-19)23(70-87(27,28)71-24,65-85-88(29,30)66-19)22(21,69-86)64-84-89(31,32)67-20)4-48-75-92(37,38)77-54-9-6(51-17(53-21)14-12(9)57-79-94(41,42)81-59-14)1-45-16-13-11(56-78-93(39,40)80-58-13)10-7(50-16)2-46-73-91(35,36)76-55-10/h6-17H,1-5H2/t6-,7-,8-,9-,10-,11-,12-,13-,14-,15-,16-,17-,18+,19-,20+,21+,22+,23-,24-/m1/s1. The number of fused-ring (bicyclic) bond motifs is 6. The van der Waals surface area contributed by atoms with Crippen LogP contribution in [0.3, 0.4) is 0 Å². The highest BCUT2D eigenvalue weighted by atomic mass is 32.3. The third kappa shape index (κ3) is 12.0. The van der Waals surface area contributed by atoms with Gasteiger partial charge in [-0.15, -0.1) is 0 Å². The second kappa shape index (κ2) is 22.9. The second-order valence-corrected chi connectivity index (χ2v) is 29.8. The van der Waals surface area contributed by atoms with Gasteiger partial charge in [0.2, 0.25) is 0 Å². The van der Waals surface area contributed by atoms with Gasteiger partial charge in [0, 0.05) is 0 Å². The lowest BCUT2D eigenvalue weighted by Crippen LogP contribution is -2.91. The van der Waals surface area contributed by atoms with Crippen LogP contribution < -0.4 is 0 Å². The van der Waals surface area contributed by atoms with Crippen LogP contribution in [0, 0.1) is 0 Å². The van der Waals surface area contributed by atoms with Gasteiger partial charge in [-0.25, -0.2) is 62.1 Å². The SMILES string of the molecule is O=S1(=O)OOC[C@H]2O[C@]34COOS(=O)(=O)OO[C@H]5[C@H]6OOS(=O)(=O)OO[C@H]6[C@H](O[C@@H]5CO[C@@H]5O[C@@H]6COOS(=O)(=O)OO[C@H]6[C@H]6OOS(=O)(=O)OO[C@@H]56)O[C@@]56OS(=O)(=O)O[C@]5(OOS(=O)(=O)O[C@]35OOS(=O)(=O)OO[C@H]25)[C@]23OOS(=O)(=O)O[C@@]6(COO1)O[C@@]2(O4)OS(=O)(=O)O3. The van der Waals surface area contributed by atoms with Gasteiger partial charge >= 0.3 is 133 Å². The molecule has 16 rings (SSSR count). The van der Waals surface area contributed by atoms with Gasteiger partial charge in [0.25, 0.3) is 11.6 Å². The Bertz CT molecular complexity index is 4300. The molecule has 16 fully saturated rings. The summed E-state index contributed by atoms with van der Waals surface area (Å²) in [6.07, 6.45) is -33.4. The van der Waals surface area contributed by atoms with E-state index in [0.29, 0.717) is 0 Å². The third-order valence-corrected chi connectivity index (χ3v) is 19.1. The Hall–Kier alpha value is -2.14. The number of hydrogen-bond donors (Lipinski definition) is 0. The molecule has 0 aromatic carbocycles. The monoisotopic (exact) mass is 1610 g/mol. The fourth-order valence-corrected chi connectivity index (χ4v) is 15.7. The van der Waals surface area contributed by atoms with E-state index in [-0.39, 0.29) is 0 Å². The molecule has 0 aliphatic carbocycles. The first-order chi connectivity index (χ1) is 44.1. The predicted molar refractivity (Wildman–Crippen MR) is 223 cm³/mol. The smallest absolute Gasteiger partial charge is 0.347 e. The summed E-state index contributed by atoms with van der Waals surface area (Å²) in [6.45, 7) is -10.3. The van der Waals surface area contributed by atoms with Crippen LogP contribution in [0.2, 0.25) is 0 Å². The molecule has 0 unspecified atom stereocenters. The van der Waals surface area contributed by atoms with Crippen molar-refractivity contribution in [1.29, 1.82) is 0 Å². The van der Waals surface area contributed by atoms with E-state index in [4.69, 9.17) is 112 Å². The van der Waals surface area contributed by atoms with Gasteiger partial charge in [0.15, 0.2) is 55.3 Å². The molecule has 16 aliphatic rings. The molecule has 0 N–H and O–H groups in total. The van der Waals surface area contributed by atoms with Crippen molar-refractivity contribution in [2.45, 2.75) is 114 Å². The molecule has 61 nitrogen and oxygen atoms in total. The first-order valence-corrected chi connectivity index (χ1v) is 36.6. The van der Waals surface area contributed by atoms with Gasteiger partial charge in [0.05, 0.1) is 6.61 Å². The highest BCUT2D eigenvalue weighted by Gasteiger charge is 3.03. The van der Waals surface area contributed by atoms with E-state index in [1.807, 2.05) is 0 Å². The molecule has 544 valence electrons. The summed E-state index contributed by atoms with van der Waals surface area (Å²) < 4.78 is 400. The summed E-state index contributed by atoms with van der Waals surface area (Å²) in [5.41, 5.74) is 0. The summed E-state index contributed by atoms with van der Waals surface area (Å²) in [7, 11) is -63.0. The largest absolute Gasteiger partial charge is 0.453 e. The Labute approximate surface area is 520 Å². The fraction of sp³-hybridized carbons (Fsp3) is 1.00. The molecule has 0 radical (unpaired) electrons. The Kier molecular flexibility index (Phi) is 16.9. The molecular formula is C24H22O61S10. The summed E-state index contributed by atoms with van der Waals surface area (Å²) in [6, 6.07) is 0. The molecule has 71 heteroatoms. The van der Waals surface area contributed by atoms with E-state index in [9.17, 15) is 84.2 Å². The van der Waals surface area contributed by atoms with Crippen LogP contribution in [-0.2, 0) is 291 Å². The van der Waals surface area contributed by atoms with E-state index in [0.717, 1.165) is 0 Å². The van der Waals surface area contributed by atoms with Crippen molar-refractivity contribution in [2.24, 2.45) is 0 Å². The van der Waals surface area contributed by atoms with Crippen LogP contribution in [0.5, 0.6) is 0 Å². The summed E-state index contributed by atoms with van der Waals surface area (Å²) in [5, 5.41) is 0. The Morgan fingerprint density at radius 3 is 1.44 bits per heavy atom. The highest BCUT2D eigenvalue weighted by Crippen LogP contribution is 2.71. The van der Waals surface area contributed by atoms with Gasteiger partial charge < -0.3 is 23.7 Å². The van der Waals surface area contributed by atoms with E-state index in [2.05, 4.69) is 75.3 Å². The quantitative estimate of drug-likeness (QED) is 0.237. The minimum Gasteiger partial charge on any atom is -0.347 e. The van der Waals surface area contributed by atoms with Gasteiger partial charge in [-0.3, -0.25) is 9.47 Å². The maximum atomic E-state index is 14.7. The van der Waals surface area contributed by atoms with Crippen molar-refractivity contribution >= 4 is 104 Å². The first-order valence-electron chi connectivity index (χ1n) is 23.3. The maximum Gasteiger partial charge on any atom is 0.453 e. The summed E-state index contributed by atoms with van der Waals surface area (Å²) in [4.78, 5) is 67.4. The lowest BCUT2D eigenvalue weighted by Gasteiger charge is -2.61. The van der Waals surface area contributed by atoms with Crippen LogP contribution >= 0.6 is 0 Å². The van der Waals surface area contributed by atoms with Crippen molar-refractivity contribution in [2.75, 3.05) is 33.0 Å². The number of ether oxygens (including phenoxy) is 7. The molecule has 7 spiro atoms. The Morgan fingerprint density at radius 1 is 0.337 bits per heavy atom. The number of rotatable bonds is 3. The van der Waals surface area contributed by atoms with E-state index >= 15 is 0 Å². The molecule has 16 saturated heterocycles. The van der Waals surface area contributed by atoms with Crippen LogP contribution in [0.4, 0.5) is 0 Å². The van der Waals surface area contributed by atoms with Crippen molar-refractivity contribution in [1.82, 2.24) is 0 Å². The topological polar surface area (TPSA) is 720 Å². The molecule has 0 amide bonds. The molecule has 0 aromatic heterocycles. The zero-order valence-corrected chi connectivity index (χ0v) is 51.1. The van der Waals surface area contributed by atoms with Gasteiger partial charge in [-0.05, 0) is 0 Å². The second-order valence-electron chi connectivity index (χ2n) is 18.7. The van der Waals surface area contributed by atoms with Crippen molar-refractivity contribution in [3.05, 3.63) is 0 Å². The van der Waals surface area contributed by atoms with Crippen LogP contribution in [0.1, 0.15) is 0 Å². The molecule has 9 bridgehead atoms. The molecular weight excluding hydrogens is 1580 g/mol. The maximum absolute atomic E-state index is 14.7. The van der Waals surface area contributed by atoms with E-state index in [1.165, 1.54) is 0 Å². The van der Waals surface area contributed by atoms with Gasteiger partial charge in [-0.1, -0.05) is 60.7 Å². The molecule has 16 aliphatic heterocycles. The van der Waals surface area contributed by atoms with Crippen LogP contribution in [-0.4, -0.2) is 232 Å². The molecule has 16 heterocycles. The molecule has 19 atom stereocenters. The first kappa shape index (κ1) is 69.9. The van der Waals surface area contributed by atoms with Crippen molar-refractivity contribution in [3.63, 3.8) is 0 Å². The lowest BCUT2D eigenvalue weighted by molar-refractivity contribution is -0.680. The van der Waals surface area contributed by atoms with Crippen LogP contribution in [0.25, 0.3) is 0 Å². The zero-order chi connectivity index (χ0) is 68.0. The average molecular weight is 1610 g/mol. The van der Waals surface area contributed by atoms with Crippen molar-refractivity contribution < 1.29 is 272 Å². The third-order valence-electron chi connectivity index (χ3n) is 13.0. The Balaban J connectivity index is 1.00. The summed E-state index contributed by atoms with van der Waals surface area (Å²) >= 11 is 0. The van der Waals surface area contributed by atoms with E-state index < -0.39 is 251 Å². The molecule has 0 aromatic rings. The Morgan fingerprint density at radius 2 is 0.789 bits per heavy atom. The van der Waals surface area contributed by atoms with Crippen LogP contribution in [0.15, 0.2) is 0 Å². The fourth-order valence-electron chi connectivity index (χ4n) is 9.82. The minimum absolute atomic E-state index is 1.17. The molecule has 0 saturated carbocycles. The normalized spacial score (nSPS) is 49.7. The van der Waals surface area contributed by atoms with Gasteiger partial charge in [0.1, 0.15) is 44.7 Å². The molecule has 95 heavy (non-hydrogen) atoms. The van der Waals surface area contributed by atoms with Crippen molar-refractivity contribution in [3.8, 4) is 0 Å².